The van der Waals surface area contributed by atoms with E-state index in [9.17, 15) is 13.6 Å². The standard InChI is InChI=1S/C14H16F2N2O/c15-11-2-1-9(7-12(11)16)18-13(19)10-8-14(10)3-5-17-6-4-14/h1-2,7,10,17H,3-6,8H2,(H,18,19)/t10-/m1/s1. The third-order valence-corrected chi connectivity index (χ3v) is 4.29. The van der Waals surface area contributed by atoms with Crippen LogP contribution in [0.1, 0.15) is 19.3 Å². The van der Waals surface area contributed by atoms with Crippen molar-refractivity contribution in [2.75, 3.05) is 18.4 Å². The number of carbonyl (C=O) groups excluding carboxylic acids is 1. The highest BCUT2D eigenvalue weighted by Gasteiger charge is 2.57. The first-order valence-corrected chi connectivity index (χ1v) is 6.57. The molecule has 1 aromatic rings. The number of carbonyl (C=O) groups is 1. The van der Waals surface area contributed by atoms with Crippen LogP contribution < -0.4 is 10.6 Å². The number of anilines is 1. The highest BCUT2D eigenvalue weighted by atomic mass is 19.2. The molecular weight excluding hydrogens is 250 g/mol. The molecule has 1 saturated heterocycles. The van der Waals surface area contributed by atoms with Crippen LogP contribution in [-0.2, 0) is 4.79 Å². The van der Waals surface area contributed by atoms with E-state index in [1.165, 1.54) is 6.07 Å². The molecule has 1 saturated carbocycles. The van der Waals surface area contributed by atoms with Gasteiger partial charge in [-0.05, 0) is 49.9 Å². The fourth-order valence-corrected chi connectivity index (χ4v) is 3.00. The van der Waals surface area contributed by atoms with E-state index in [0.29, 0.717) is 5.69 Å². The summed E-state index contributed by atoms with van der Waals surface area (Å²) in [6.45, 7) is 1.91. The zero-order chi connectivity index (χ0) is 13.5. The van der Waals surface area contributed by atoms with Crippen molar-refractivity contribution in [2.24, 2.45) is 11.3 Å². The summed E-state index contributed by atoms with van der Waals surface area (Å²) in [6.07, 6.45) is 2.94. The monoisotopic (exact) mass is 266 g/mol. The van der Waals surface area contributed by atoms with Crippen LogP contribution >= 0.6 is 0 Å². The van der Waals surface area contributed by atoms with Gasteiger partial charge < -0.3 is 10.6 Å². The van der Waals surface area contributed by atoms with Gasteiger partial charge in [0.15, 0.2) is 11.6 Å². The maximum Gasteiger partial charge on any atom is 0.228 e. The number of amides is 1. The Morgan fingerprint density at radius 2 is 2.00 bits per heavy atom. The maximum absolute atomic E-state index is 13.1. The van der Waals surface area contributed by atoms with Crippen LogP contribution in [0.2, 0.25) is 0 Å². The lowest BCUT2D eigenvalue weighted by atomic mass is 9.92. The molecule has 1 aliphatic heterocycles. The number of benzene rings is 1. The summed E-state index contributed by atoms with van der Waals surface area (Å²) in [4.78, 5) is 12.1. The molecule has 1 spiro atoms. The van der Waals surface area contributed by atoms with Crippen LogP contribution in [0.5, 0.6) is 0 Å². The molecule has 1 atom stereocenters. The molecule has 0 radical (unpaired) electrons. The number of rotatable bonds is 2. The minimum atomic E-state index is -0.940. The van der Waals surface area contributed by atoms with Crippen LogP contribution in [-0.4, -0.2) is 19.0 Å². The number of halogens is 2. The van der Waals surface area contributed by atoms with Crippen LogP contribution in [0.3, 0.4) is 0 Å². The second kappa shape index (κ2) is 4.56. The number of hydrogen-bond donors (Lipinski definition) is 2. The first kappa shape index (κ1) is 12.5. The Labute approximate surface area is 110 Å². The summed E-state index contributed by atoms with van der Waals surface area (Å²) in [7, 11) is 0. The van der Waals surface area contributed by atoms with Crippen molar-refractivity contribution in [3.8, 4) is 0 Å². The van der Waals surface area contributed by atoms with Gasteiger partial charge in [0, 0.05) is 17.7 Å². The summed E-state index contributed by atoms with van der Waals surface area (Å²) in [5.41, 5.74) is 0.466. The third-order valence-electron chi connectivity index (χ3n) is 4.29. The first-order valence-electron chi connectivity index (χ1n) is 6.57. The average molecular weight is 266 g/mol. The lowest BCUT2D eigenvalue weighted by Gasteiger charge is -2.23. The zero-order valence-electron chi connectivity index (χ0n) is 10.5. The molecule has 2 N–H and O–H groups in total. The van der Waals surface area contributed by atoms with Gasteiger partial charge in [0.25, 0.3) is 0 Å². The number of piperidine rings is 1. The molecule has 1 aliphatic carbocycles. The fraction of sp³-hybridized carbons (Fsp3) is 0.500. The third kappa shape index (κ3) is 2.34. The van der Waals surface area contributed by atoms with Crippen LogP contribution in [0.25, 0.3) is 0 Å². The zero-order valence-corrected chi connectivity index (χ0v) is 10.5. The van der Waals surface area contributed by atoms with Crippen molar-refractivity contribution in [3.63, 3.8) is 0 Å². The second-order valence-corrected chi connectivity index (χ2v) is 5.49. The van der Waals surface area contributed by atoms with Gasteiger partial charge in [-0.2, -0.15) is 0 Å². The van der Waals surface area contributed by atoms with Gasteiger partial charge in [-0.25, -0.2) is 8.78 Å². The molecule has 1 aromatic carbocycles. The number of hydrogen-bond acceptors (Lipinski definition) is 2. The van der Waals surface area contributed by atoms with Crippen molar-refractivity contribution in [3.05, 3.63) is 29.8 Å². The molecule has 19 heavy (non-hydrogen) atoms. The van der Waals surface area contributed by atoms with E-state index in [2.05, 4.69) is 10.6 Å². The van der Waals surface area contributed by atoms with Gasteiger partial charge in [0.05, 0.1) is 0 Å². The quantitative estimate of drug-likeness (QED) is 0.862. The average Bonchev–Trinajstić information content (AvgIpc) is 3.08. The Hall–Kier alpha value is -1.49. The van der Waals surface area contributed by atoms with E-state index >= 15 is 0 Å². The predicted octanol–water partition coefficient (Wildman–Crippen LogP) is 2.29. The highest BCUT2D eigenvalue weighted by Crippen LogP contribution is 2.58. The van der Waals surface area contributed by atoms with Gasteiger partial charge in [-0.1, -0.05) is 0 Å². The Bertz CT molecular complexity index is 512. The van der Waals surface area contributed by atoms with Crippen LogP contribution in [0, 0.1) is 23.0 Å². The topological polar surface area (TPSA) is 41.1 Å². The SMILES string of the molecule is O=C(Nc1ccc(F)c(F)c1)[C@H]1CC12CCNCC2. The molecule has 2 aliphatic rings. The maximum atomic E-state index is 13.1. The van der Waals surface area contributed by atoms with Crippen LogP contribution in [0.4, 0.5) is 14.5 Å². The lowest BCUT2D eigenvalue weighted by molar-refractivity contribution is -0.118. The normalized spacial score (nSPS) is 24.2. The summed E-state index contributed by atoms with van der Waals surface area (Å²) in [6, 6.07) is 3.43. The van der Waals surface area contributed by atoms with Gasteiger partial charge >= 0.3 is 0 Å². The molecule has 0 unspecified atom stereocenters. The Balaban J connectivity index is 1.64. The second-order valence-electron chi connectivity index (χ2n) is 5.49. The predicted molar refractivity (Wildman–Crippen MR) is 67.6 cm³/mol. The van der Waals surface area contributed by atoms with Crippen molar-refractivity contribution >= 4 is 11.6 Å². The smallest absolute Gasteiger partial charge is 0.228 e. The Morgan fingerprint density at radius 1 is 1.26 bits per heavy atom. The van der Waals surface area contributed by atoms with Gasteiger partial charge in [-0.3, -0.25) is 4.79 Å². The Kier molecular flexibility index (Phi) is 3.01. The molecule has 2 fully saturated rings. The molecule has 102 valence electrons. The van der Waals surface area contributed by atoms with E-state index in [1.54, 1.807) is 0 Å². The van der Waals surface area contributed by atoms with Crippen LogP contribution in [0.15, 0.2) is 18.2 Å². The highest BCUT2D eigenvalue weighted by molar-refractivity contribution is 5.95. The van der Waals surface area contributed by atoms with E-state index in [0.717, 1.165) is 44.5 Å². The van der Waals surface area contributed by atoms with Crippen molar-refractivity contribution in [1.82, 2.24) is 5.32 Å². The summed E-state index contributed by atoms with van der Waals surface area (Å²) >= 11 is 0. The van der Waals surface area contributed by atoms with Gasteiger partial charge in [0.1, 0.15) is 0 Å². The van der Waals surface area contributed by atoms with Crippen molar-refractivity contribution in [1.29, 1.82) is 0 Å². The fourth-order valence-electron chi connectivity index (χ4n) is 3.00. The lowest BCUT2D eigenvalue weighted by Crippen LogP contribution is -2.31. The Morgan fingerprint density at radius 3 is 2.68 bits per heavy atom. The van der Waals surface area contributed by atoms with E-state index in [4.69, 9.17) is 0 Å². The van der Waals surface area contributed by atoms with E-state index in [-0.39, 0.29) is 17.2 Å². The summed E-state index contributed by atoms with van der Waals surface area (Å²) in [5, 5.41) is 5.96. The molecule has 1 amide bonds. The van der Waals surface area contributed by atoms with Gasteiger partial charge in [0.2, 0.25) is 5.91 Å². The van der Waals surface area contributed by atoms with E-state index in [1.807, 2.05) is 0 Å². The molecule has 5 heteroatoms. The number of nitrogens with one attached hydrogen (secondary N) is 2. The molecule has 0 bridgehead atoms. The molecule has 0 aromatic heterocycles. The van der Waals surface area contributed by atoms with E-state index < -0.39 is 11.6 Å². The minimum Gasteiger partial charge on any atom is -0.326 e. The largest absolute Gasteiger partial charge is 0.326 e. The molecule has 3 nitrogen and oxygen atoms in total. The summed E-state index contributed by atoms with van der Waals surface area (Å²) in [5.74, 6) is -1.90. The van der Waals surface area contributed by atoms with Crippen molar-refractivity contribution < 1.29 is 13.6 Å². The minimum absolute atomic E-state index is 0.0164. The summed E-state index contributed by atoms with van der Waals surface area (Å²) < 4.78 is 25.9. The molecular formula is C14H16F2N2O. The van der Waals surface area contributed by atoms with Gasteiger partial charge in [-0.15, -0.1) is 0 Å². The molecule has 3 rings (SSSR count). The molecule has 1 heterocycles. The first-order chi connectivity index (χ1) is 9.11. The van der Waals surface area contributed by atoms with Crippen molar-refractivity contribution in [2.45, 2.75) is 19.3 Å².